The number of rotatable bonds is 7. The largest absolute Gasteiger partial charge is 0.341 e. The highest BCUT2D eigenvalue weighted by atomic mass is 16.2. The molecule has 0 aromatic carbocycles. The van der Waals surface area contributed by atoms with E-state index in [0.29, 0.717) is 19.3 Å². The molecule has 0 bridgehead atoms. The van der Waals surface area contributed by atoms with Gasteiger partial charge in [-0.05, 0) is 33.3 Å². The first-order valence-corrected chi connectivity index (χ1v) is 5.27. The van der Waals surface area contributed by atoms with Gasteiger partial charge in [0.25, 0.3) is 0 Å². The van der Waals surface area contributed by atoms with Crippen LogP contribution in [0.1, 0.15) is 40.0 Å². The molecule has 0 unspecified atom stereocenters. The third-order valence-electron chi connectivity index (χ3n) is 2.25. The summed E-state index contributed by atoms with van der Waals surface area (Å²) in [6, 6.07) is 0. The second-order valence-electron chi connectivity index (χ2n) is 4.30. The molecule has 1 N–H and O–H groups in total. The summed E-state index contributed by atoms with van der Waals surface area (Å²) < 4.78 is 0. The van der Waals surface area contributed by atoms with Gasteiger partial charge < -0.3 is 10.1 Å². The SMILES string of the molecule is C=CC(=O)NC(C)(C)C(=O)CCCC(C)=O. The predicted molar refractivity (Wildman–Crippen MR) is 62.0 cm³/mol. The van der Waals surface area contributed by atoms with Gasteiger partial charge in [-0.1, -0.05) is 6.58 Å². The van der Waals surface area contributed by atoms with Gasteiger partial charge in [0.1, 0.15) is 5.78 Å². The van der Waals surface area contributed by atoms with Gasteiger partial charge >= 0.3 is 0 Å². The number of hydrogen-bond donors (Lipinski definition) is 1. The number of amides is 1. The highest BCUT2D eigenvalue weighted by molar-refractivity contribution is 5.95. The van der Waals surface area contributed by atoms with Crippen molar-refractivity contribution >= 4 is 17.5 Å². The maximum atomic E-state index is 11.7. The number of Topliss-reactive ketones (excluding diaryl/α,β-unsaturated/α-hetero) is 2. The summed E-state index contributed by atoms with van der Waals surface area (Å²) >= 11 is 0. The Morgan fingerprint density at radius 1 is 1.25 bits per heavy atom. The maximum absolute atomic E-state index is 11.7. The Balaban J connectivity index is 4.18. The maximum Gasteiger partial charge on any atom is 0.244 e. The van der Waals surface area contributed by atoms with Gasteiger partial charge in [0, 0.05) is 12.8 Å². The zero-order valence-electron chi connectivity index (χ0n) is 10.1. The van der Waals surface area contributed by atoms with E-state index in [2.05, 4.69) is 11.9 Å². The first-order valence-electron chi connectivity index (χ1n) is 5.27. The van der Waals surface area contributed by atoms with E-state index < -0.39 is 5.54 Å². The minimum atomic E-state index is -0.901. The van der Waals surface area contributed by atoms with Gasteiger partial charge in [-0.2, -0.15) is 0 Å². The molecule has 0 atom stereocenters. The molecule has 0 spiro atoms. The summed E-state index contributed by atoms with van der Waals surface area (Å²) in [6.07, 6.45) is 2.35. The quantitative estimate of drug-likeness (QED) is 0.666. The fourth-order valence-electron chi connectivity index (χ4n) is 1.24. The molecule has 0 aromatic heterocycles. The van der Waals surface area contributed by atoms with Crippen molar-refractivity contribution in [3.8, 4) is 0 Å². The Hall–Kier alpha value is -1.45. The van der Waals surface area contributed by atoms with Crippen molar-refractivity contribution in [1.82, 2.24) is 5.32 Å². The molecule has 4 nitrogen and oxygen atoms in total. The second-order valence-corrected chi connectivity index (χ2v) is 4.30. The van der Waals surface area contributed by atoms with Crippen LogP contribution in [0.5, 0.6) is 0 Å². The molecule has 0 saturated heterocycles. The minimum Gasteiger partial charge on any atom is -0.341 e. The van der Waals surface area contributed by atoms with E-state index in [4.69, 9.17) is 0 Å². The lowest BCUT2D eigenvalue weighted by molar-refractivity contribution is -0.129. The average molecular weight is 225 g/mol. The number of ketones is 2. The van der Waals surface area contributed by atoms with Crippen LogP contribution < -0.4 is 5.32 Å². The molecule has 0 aliphatic heterocycles. The van der Waals surface area contributed by atoms with Crippen LogP contribution in [0.3, 0.4) is 0 Å². The molecule has 0 heterocycles. The van der Waals surface area contributed by atoms with Crippen molar-refractivity contribution < 1.29 is 14.4 Å². The summed E-state index contributed by atoms with van der Waals surface area (Å²) in [5, 5.41) is 2.55. The summed E-state index contributed by atoms with van der Waals surface area (Å²) in [6.45, 7) is 8.10. The fourth-order valence-corrected chi connectivity index (χ4v) is 1.24. The summed E-state index contributed by atoms with van der Waals surface area (Å²) in [4.78, 5) is 33.5. The normalized spacial score (nSPS) is 10.7. The molecule has 0 rings (SSSR count). The Bertz CT molecular complexity index is 305. The van der Waals surface area contributed by atoms with Crippen LogP contribution in [0.2, 0.25) is 0 Å². The lowest BCUT2D eigenvalue weighted by Crippen LogP contribution is -2.49. The number of carbonyl (C=O) groups excluding carboxylic acids is 3. The predicted octanol–water partition coefficient (Wildman–Crippen LogP) is 1.40. The Kier molecular flexibility index (Phi) is 5.64. The van der Waals surface area contributed by atoms with Crippen LogP contribution in [-0.4, -0.2) is 23.0 Å². The zero-order chi connectivity index (χ0) is 12.8. The molecular weight excluding hydrogens is 206 g/mol. The minimum absolute atomic E-state index is 0.0701. The van der Waals surface area contributed by atoms with E-state index in [1.165, 1.54) is 6.92 Å². The summed E-state index contributed by atoms with van der Waals surface area (Å²) in [5.41, 5.74) is -0.901. The number of carbonyl (C=O) groups is 3. The van der Waals surface area contributed by atoms with Gasteiger partial charge in [-0.15, -0.1) is 0 Å². The van der Waals surface area contributed by atoms with Crippen LogP contribution >= 0.6 is 0 Å². The molecule has 0 aliphatic carbocycles. The molecule has 4 heteroatoms. The molecule has 1 amide bonds. The van der Waals surface area contributed by atoms with Crippen molar-refractivity contribution in [3.05, 3.63) is 12.7 Å². The summed E-state index contributed by atoms with van der Waals surface area (Å²) in [7, 11) is 0. The van der Waals surface area contributed by atoms with Crippen molar-refractivity contribution in [2.75, 3.05) is 0 Å². The molecular formula is C12H19NO3. The van der Waals surface area contributed by atoms with Gasteiger partial charge in [0.2, 0.25) is 5.91 Å². The van der Waals surface area contributed by atoms with Gasteiger partial charge in [0.05, 0.1) is 5.54 Å². The lowest BCUT2D eigenvalue weighted by Gasteiger charge is -2.23. The van der Waals surface area contributed by atoms with Crippen molar-refractivity contribution in [3.63, 3.8) is 0 Å². The molecule has 0 saturated carbocycles. The third kappa shape index (κ3) is 5.44. The van der Waals surface area contributed by atoms with E-state index in [9.17, 15) is 14.4 Å². The van der Waals surface area contributed by atoms with E-state index >= 15 is 0 Å². The smallest absolute Gasteiger partial charge is 0.244 e. The van der Waals surface area contributed by atoms with Crippen molar-refractivity contribution in [1.29, 1.82) is 0 Å². The van der Waals surface area contributed by atoms with Gasteiger partial charge in [-0.25, -0.2) is 0 Å². The molecule has 0 aromatic rings. The van der Waals surface area contributed by atoms with Crippen LogP contribution in [0.4, 0.5) is 0 Å². The second kappa shape index (κ2) is 6.20. The molecule has 0 aliphatic rings. The molecule has 0 radical (unpaired) electrons. The Morgan fingerprint density at radius 3 is 2.25 bits per heavy atom. The van der Waals surface area contributed by atoms with E-state index in [0.717, 1.165) is 6.08 Å². The standard InChI is InChI=1S/C12H19NO3/c1-5-11(16)13-12(3,4)10(15)8-6-7-9(2)14/h5H,1,6-8H2,2-4H3,(H,13,16). The number of nitrogens with one attached hydrogen (secondary N) is 1. The third-order valence-corrected chi connectivity index (χ3v) is 2.25. The van der Waals surface area contributed by atoms with Crippen LogP contribution in [-0.2, 0) is 14.4 Å². The van der Waals surface area contributed by atoms with Crippen LogP contribution in [0, 0.1) is 0 Å². The van der Waals surface area contributed by atoms with Crippen LogP contribution in [0.15, 0.2) is 12.7 Å². The molecule has 0 fully saturated rings. The summed E-state index contributed by atoms with van der Waals surface area (Å²) in [5.74, 6) is -0.380. The van der Waals surface area contributed by atoms with E-state index in [-0.39, 0.29) is 17.5 Å². The van der Waals surface area contributed by atoms with Crippen LogP contribution in [0.25, 0.3) is 0 Å². The van der Waals surface area contributed by atoms with E-state index in [1.807, 2.05) is 0 Å². The highest BCUT2D eigenvalue weighted by Gasteiger charge is 2.27. The monoisotopic (exact) mass is 225 g/mol. The topological polar surface area (TPSA) is 63.2 Å². The Morgan fingerprint density at radius 2 is 1.81 bits per heavy atom. The van der Waals surface area contributed by atoms with Crippen molar-refractivity contribution in [2.45, 2.75) is 45.6 Å². The van der Waals surface area contributed by atoms with Crippen molar-refractivity contribution in [2.24, 2.45) is 0 Å². The first kappa shape index (κ1) is 14.6. The first-order chi connectivity index (χ1) is 7.29. The molecule has 16 heavy (non-hydrogen) atoms. The highest BCUT2D eigenvalue weighted by Crippen LogP contribution is 2.10. The molecule has 90 valence electrons. The van der Waals surface area contributed by atoms with Gasteiger partial charge in [0.15, 0.2) is 5.78 Å². The zero-order valence-corrected chi connectivity index (χ0v) is 10.1. The van der Waals surface area contributed by atoms with E-state index in [1.54, 1.807) is 13.8 Å². The fraction of sp³-hybridized carbons (Fsp3) is 0.583. The van der Waals surface area contributed by atoms with Gasteiger partial charge in [-0.3, -0.25) is 9.59 Å². The lowest BCUT2D eigenvalue weighted by atomic mass is 9.94. The number of hydrogen-bond acceptors (Lipinski definition) is 3. The average Bonchev–Trinajstić information content (AvgIpc) is 2.16. The Labute approximate surface area is 96.1 Å².